The maximum Gasteiger partial charge on any atom is 0.264 e. The molecule has 0 saturated carbocycles. The number of carbonyl (C=O) groups is 1. The highest BCUT2D eigenvalue weighted by atomic mass is 32.2. The zero-order valence-corrected chi connectivity index (χ0v) is 16.7. The molecule has 0 spiro atoms. The number of likely N-dealkylation sites (tertiary alicyclic amines) is 1. The Labute approximate surface area is 161 Å². The third-order valence-corrected chi connectivity index (χ3v) is 6.88. The van der Waals surface area contributed by atoms with E-state index in [0.717, 1.165) is 25.9 Å². The summed E-state index contributed by atoms with van der Waals surface area (Å²) in [6.07, 6.45) is 2.19. The number of hydrogen-bond donors (Lipinski definition) is 0. The molecule has 2 aromatic carbocycles. The number of nitrogens with zero attached hydrogens (tertiary/aromatic N) is 2. The van der Waals surface area contributed by atoms with Gasteiger partial charge in [0, 0.05) is 25.2 Å². The molecular formula is C21H26N2O3S. The van der Waals surface area contributed by atoms with Gasteiger partial charge in [0.1, 0.15) is 0 Å². The monoisotopic (exact) mass is 386 g/mol. The molecule has 2 aromatic rings. The van der Waals surface area contributed by atoms with Gasteiger partial charge in [-0.25, -0.2) is 8.42 Å². The molecule has 1 heterocycles. The number of benzene rings is 2. The Hall–Kier alpha value is -2.34. The highest BCUT2D eigenvalue weighted by molar-refractivity contribution is 7.92. The minimum Gasteiger partial charge on any atom is -0.338 e. The molecule has 1 atom stereocenters. The van der Waals surface area contributed by atoms with Crippen LogP contribution >= 0.6 is 0 Å². The predicted molar refractivity (Wildman–Crippen MR) is 107 cm³/mol. The van der Waals surface area contributed by atoms with Gasteiger partial charge in [0.05, 0.1) is 10.6 Å². The van der Waals surface area contributed by atoms with Crippen LogP contribution in [-0.4, -0.2) is 38.9 Å². The number of sulfonamides is 1. The summed E-state index contributed by atoms with van der Waals surface area (Å²) in [7, 11) is -3.63. The maximum atomic E-state index is 12.9. The van der Waals surface area contributed by atoms with Crippen molar-refractivity contribution in [1.29, 1.82) is 0 Å². The fraction of sp³-hybridized carbons (Fsp3) is 0.381. The van der Waals surface area contributed by atoms with Crippen LogP contribution in [0.15, 0.2) is 59.5 Å². The van der Waals surface area contributed by atoms with Crippen molar-refractivity contribution in [3.05, 3.63) is 60.2 Å². The van der Waals surface area contributed by atoms with E-state index in [1.807, 2.05) is 4.90 Å². The molecule has 0 aromatic heterocycles. The lowest BCUT2D eigenvalue weighted by molar-refractivity contribution is 0.0683. The van der Waals surface area contributed by atoms with Gasteiger partial charge < -0.3 is 4.90 Å². The van der Waals surface area contributed by atoms with Crippen LogP contribution in [0.2, 0.25) is 0 Å². The lowest BCUT2D eigenvalue weighted by atomic mass is 9.99. The van der Waals surface area contributed by atoms with Crippen molar-refractivity contribution in [3.63, 3.8) is 0 Å². The van der Waals surface area contributed by atoms with Crippen molar-refractivity contribution in [2.45, 2.75) is 31.6 Å². The minimum atomic E-state index is -3.63. The quantitative estimate of drug-likeness (QED) is 0.786. The van der Waals surface area contributed by atoms with Gasteiger partial charge >= 0.3 is 0 Å². The van der Waals surface area contributed by atoms with E-state index >= 15 is 0 Å². The molecule has 1 fully saturated rings. The zero-order chi connectivity index (χ0) is 19.4. The summed E-state index contributed by atoms with van der Waals surface area (Å²) in [4.78, 5) is 14.9. The molecule has 0 aliphatic carbocycles. The van der Waals surface area contributed by atoms with Crippen LogP contribution in [-0.2, 0) is 10.0 Å². The molecule has 3 rings (SSSR count). The smallest absolute Gasteiger partial charge is 0.264 e. The maximum absolute atomic E-state index is 12.9. The second-order valence-electron chi connectivity index (χ2n) is 7.03. The van der Waals surface area contributed by atoms with Gasteiger partial charge in [0.25, 0.3) is 15.9 Å². The number of hydrogen-bond acceptors (Lipinski definition) is 3. The molecular weight excluding hydrogens is 360 g/mol. The van der Waals surface area contributed by atoms with Gasteiger partial charge in [-0.1, -0.05) is 25.1 Å². The SMILES string of the molecule is CCN(c1ccc(C(=O)N2CCC[C@@H](C)C2)cc1)S(=O)(=O)c1ccccc1. The number of rotatable bonds is 5. The van der Waals surface area contributed by atoms with Crippen LogP contribution in [0.4, 0.5) is 5.69 Å². The predicted octanol–water partition coefficient (Wildman–Crippen LogP) is 3.77. The molecule has 0 N–H and O–H groups in total. The molecule has 0 radical (unpaired) electrons. The molecule has 1 aliphatic heterocycles. The molecule has 144 valence electrons. The largest absolute Gasteiger partial charge is 0.338 e. The lowest BCUT2D eigenvalue weighted by Crippen LogP contribution is -2.39. The van der Waals surface area contributed by atoms with Gasteiger partial charge in [0.15, 0.2) is 0 Å². The van der Waals surface area contributed by atoms with Gasteiger partial charge in [-0.05, 0) is 62.1 Å². The summed E-state index contributed by atoms with van der Waals surface area (Å²) < 4.78 is 27.2. The molecule has 27 heavy (non-hydrogen) atoms. The van der Waals surface area contributed by atoms with Gasteiger partial charge in [-0.2, -0.15) is 0 Å². The number of amides is 1. The summed E-state index contributed by atoms with van der Waals surface area (Å²) in [5.74, 6) is 0.538. The molecule has 0 unspecified atom stereocenters. The topological polar surface area (TPSA) is 57.7 Å². The summed E-state index contributed by atoms with van der Waals surface area (Å²) >= 11 is 0. The number of anilines is 1. The van der Waals surface area contributed by atoms with Crippen LogP contribution in [0.5, 0.6) is 0 Å². The van der Waals surface area contributed by atoms with Crippen LogP contribution in [0.25, 0.3) is 0 Å². The first-order valence-electron chi connectivity index (χ1n) is 9.40. The average molecular weight is 387 g/mol. The Morgan fingerprint density at radius 3 is 2.37 bits per heavy atom. The summed E-state index contributed by atoms with van der Waals surface area (Å²) in [5, 5.41) is 0. The Bertz CT molecular complexity index is 879. The second-order valence-corrected chi connectivity index (χ2v) is 8.89. The fourth-order valence-corrected chi connectivity index (χ4v) is 5.03. The highest BCUT2D eigenvalue weighted by Gasteiger charge is 2.25. The van der Waals surface area contributed by atoms with Crippen LogP contribution in [0, 0.1) is 5.92 Å². The third-order valence-electron chi connectivity index (χ3n) is 4.96. The van der Waals surface area contributed by atoms with Gasteiger partial charge in [-0.3, -0.25) is 9.10 Å². The lowest BCUT2D eigenvalue weighted by Gasteiger charge is -2.31. The number of piperidine rings is 1. The normalized spacial score (nSPS) is 17.6. The summed E-state index contributed by atoms with van der Waals surface area (Å²) in [6, 6.07) is 15.3. The van der Waals surface area contributed by atoms with Crippen molar-refractivity contribution >= 4 is 21.6 Å². The summed E-state index contributed by atoms with van der Waals surface area (Å²) in [6.45, 7) is 5.84. The Morgan fingerprint density at radius 1 is 1.11 bits per heavy atom. The van der Waals surface area contributed by atoms with E-state index in [2.05, 4.69) is 6.92 Å². The van der Waals surface area contributed by atoms with E-state index in [1.54, 1.807) is 61.5 Å². The Kier molecular flexibility index (Phi) is 5.85. The van der Waals surface area contributed by atoms with Crippen molar-refractivity contribution in [3.8, 4) is 0 Å². The zero-order valence-electron chi connectivity index (χ0n) is 15.8. The van der Waals surface area contributed by atoms with Gasteiger partial charge in [0.2, 0.25) is 0 Å². The number of carbonyl (C=O) groups excluding carboxylic acids is 1. The van der Waals surface area contributed by atoms with Crippen molar-refractivity contribution in [1.82, 2.24) is 4.90 Å². The first-order valence-corrected chi connectivity index (χ1v) is 10.8. The van der Waals surface area contributed by atoms with Crippen molar-refractivity contribution in [2.24, 2.45) is 5.92 Å². The molecule has 0 bridgehead atoms. The van der Waals surface area contributed by atoms with Gasteiger partial charge in [-0.15, -0.1) is 0 Å². The van der Waals surface area contributed by atoms with E-state index in [1.165, 1.54) is 4.31 Å². The van der Waals surface area contributed by atoms with Crippen LogP contribution in [0.1, 0.15) is 37.0 Å². The minimum absolute atomic E-state index is 0.0158. The third kappa shape index (κ3) is 4.16. The molecule has 1 aliphatic rings. The van der Waals surface area contributed by atoms with E-state index in [-0.39, 0.29) is 10.8 Å². The first kappa shape index (κ1) is 19.4. The van der Waals surface area contributed by atoms with E-state index in [4.69, 9.17) is 0 Å². The average Bonchev–Trinajstić information content (AvgIpc) is 2.69. The molecule has 5 nitrogen and oxygen atoms in total. The van der Waals surface area contributed by atoms with E-state index in [0.29, 0.717) is 23.7 Å². The highest BCUT2D eigenvalue weighted by Crippen LogP contribution is 2.25. The van der Waals surface area contributed by atoms with Crippen molar-refractivity contribution in [2.75, 3.05) is 23.9 Å². The summed E-state index contributed by atoms with van der Waals surface area (Å²) in [5.41, 5.74) is 1.16. The standard InChI is InChI=1S/C21H26N2O3S/c1-3-23(27(25,26)20-9-5-4-6-10-20)19-13-11-18(12-14-19)21(24)22-15-7-8-17(2)16-22/h4-6,9-14,17H,3,7-8,15-16H2,1-2H3/t17-/m1/s1. The first-order chi connectivity index (χ1) is 12.9. The van der Waals surface area contributed by atoms with Crippen molar-refractivity contribution < 1.29 is 13.2 Å². The van der Waals surface area contributed by atoms with E-state index in [9.17, 15) is 13.2 Å². The van der Waals surface area contributed by atoms with Crippen LogP contribution < -0.4 is 4.31 Å². The second kappa shape index (κ2) is 8.13. The fourth-order valence-electron chi connectivity index (χ4n) is 3.54. The molecule has 1 amide bonds. The van der Waals surface area contributed by atoms with Crippen LogP contribution in [0.3, 0.4) is 0 Å². The Balaban J connectivity index is 1.82. The van der Waals surface area contributed by atoms with E-state index < -0.39 is 10.0 Å². The molecule has 1 saturated heterocycles. The molecule has 6 heteroatoms. The Morgan fingerprint density at radius 2 is 1.78 bits per heavy atom.